The molecule has 2 aliphatic rings. The van der Waals surface area contributed by atoms with Crippen LogP contribution in [0, 0.1) is 5.92 Å². The summed E-state index contributed by atoms with van der Waals surface area (Å²) in [5.74, 6) is 1.30. The number of rotatable bonds is 5. The van der Waals surface area contributed by atoms with Crippen molar-refractivity contribution in [2.24, 2.45) is 5.92 Å². The van der Waals surface area contributed by atoms with Crippen LogP contribution in [0.5, 0.6) is 0 Å². The van der Waals surface area contributed by atoms with Crippen molar-refractivity contribution in [3.05, 3.63) is 35.4 Å². The Kier molecular flexibility index (Phi) is 3.21. The Hall–Kier alpha value is -1.15. The topological polar surface area (TPSA) is 26.3 Å². The van der Waals surface area contributed by atoms with Crippen LogP contribution in [0.25, 0.3) is 0 Å². The summed E-state index contributed by atoms with van der Waals surface area (Å²) in [6.45, 7) is 0. The lowest BCUT2D eigenvalue weighted by Crippen LogP contribution is -2.25. The number of ketones is 1. The molecule has 0 N–H and O–H groups in total. The van der Waals surface area contributed by atoms with Gasteiger partial charge in [-0.2, -0.15) is 0 Å². The SMILES string of the molecule is COC(C(=O)c1cccc(C2CCC2)c1)C1CC1. The first-order chi connectivity index (χ1) is 8.79. The second-order valence-corrected chi connectivity index (χ2v) is 5.61. The molecule has 2 nitrogen and oxygen atoms in total. The number of hydrogen-bond donors (Lipinski definition) is 0. The monoisotopic (exact) mass is 244 g/mol. The maximum absolute atomic E-state index is 12.4. The van der Waals surface area contributed by atoms with Crippen LogP contribution in [0.4, 0.5) is 0 Å². The highest BCUT2D eigenvalue weighted by molar-refractivity contribution is 6.00. The Balaban J connectivity index is 1.79. The van der Waals surface area contributed by atoms with E-state index in [9.17, 15) is 4.79 Å². The summed E-state index contributed by atoms with van der Waals surface area (Å²) in [5.41, 5.74) is 2.16. The van der Waals surface area contributed by atoms with Crippen LogP contribution in [0.2, 0.25) is 0 Å². The summed E-state index contributed by atoms with van der Waals surface area (Å²) >= 11 is 0. The van der Waals surface area contributed by atoms with Crippen molar-refractivity contribution in [1.82, 2.24) is 0 Å². The zero-order chi connectivity index (χ0) is 12.5. The molecule has 2 fully saturated rings. The molecule has 0 aliphatic heterocycles. The summed E-state index contributed by atoms with van der Waals surface area (Å²) in [4.78, 5) is 12.4. The van der Waals surface area contributed by atoms with E-state index < -0.39 is 0 Å². The van der Waals surface area contributed by atoms with E-state index in [0.717, 1.165) is 18.4 Å². The largest absolute Gasteiger partial charge is 0.373 e. The molecule has 0 heterocycles. The van der Waals surface area contributed by atoms with Gasteiger partial charge in [0.05, 0.1) is 0 Å². The number of carbonyl (C=O) groups is 1. The smallest absolute Gasteiger partial charge is 0.191 e. The maximum Gasteiger partial charge on any atom is 0.191 e. The van der Waals surface area contributed by atoms with Crippen LogP contribution in [-0.2, 0) is 4.74 Å². The van der Waals surface area contributed by atoms with E-state index in [4.69, 9.17) is 4.74 Å². The third-order valence-electron chi connectivity index (χ3n) is 4.31. The number of carbonyl (C=O) groups excluding carboxylic acids is 1. The molecule has 2 saturated carbocycles. The Morgan fingerprint density at radius 3 is 2.61 bits per heavy atom. The van der Waals surface area contributed by atoms with Crippen molar-refractivity contribution >= 4 is 5.78 Å². The highest BCUT2D eigenvalue weighted by atomic mass is 16.5. The molecule has 1 unspecified atom stereocenters. The molecule has 0 saturated heterocycles. The van der Waals surface area contributed by atoms with Gasteiger partial charge in [-0.3, -0.25) is 4.79 Å². The molecule has 1 atom stereocenters. The third kappa shape index (κ3) is 2.22. The van der Waals surface area contributed by atoms with Crippen molar-refractivity contribution in [3.8, 4) is 0 Å². The van der Waals surface area contributed by atoms with E-state index >= 15 is 0 Å². The van der Waals surface area contributed by atoms with Gasteiger partial charge >= 0.3 is 0 Å². The molecule has 1 aromatic carbocycles. The van der Waals surface area contributed by atoms with E-state index in [1.165, 1.54) is 24.8 Å². The quantitative estimate of drug-likeness (QED) is 0.740. The molecule has 1 aromatic rings. The molecule has 0 spiro atoms. The Morgan fingerprint density at radius 2 is 2.06 bits per heavy atom. The number of benzene rings is 1. The first-order valence-electron chi connectivity index (χ1n) is 6.96. The van der Waals surface area contributed by atoms with E-state index in [1.54, 1.807) is 7.11 Å². The molecule has 0 amide bonds. The van der Waals surface area contributed by atoms with Crippen LogP contribution < -0.4 is 0 Å². The molecule has 2 aliphatic carbocycles. The lowest BCUT2D eigenvalue weighted by atomic mass is 9.79. The average Bonchev–Trinajstić information content (AvgIpc) is 3.12. The van der Waals surface area contributed by atoms with Crippen LogP contribution >= 0.6 is 0 Å². The van der Waals surface area contributed by atoms with Gasteiger partial charge in [-0.1, -0.05) is 24.6 Å². The second kappa shape index (κ2) is 4.85. The summed E-state index contributed by atoms with van der Waals surface area (Å²) < 4.78 is 5.38. The number of ether oxygens (including phenoxy) is 1. The minimum absolute atomic E-state index is 0.168. The zero-order valence-electron chi connectivity index (χ0n) is 10.9. The molecular weight excluding hydrogens is 224 g/mol. The van der Waals surface area contributed by atoms with E-state index in [-0.39, 0.29) is 11.9 Å². The highest BCUT2D eigenvalue weighted by Gasteiger charge is 2.36. The van der Waals surface area contributed by atoms with Gasteiger partial charge in [-0.15, -0.1) is 0 Å². The second-order valence-electron chi connectivity index (χ2n) is 5.61. The van der Waals surface area contributed by atoms with Gasteiger partial charge in [0.2, 0.25) is 0 Å². The summed E-state index contributed by atoms with van der Waals surface area (Å²) in [6, 6.07) is 8.18. The van der Waals surface area contributed by atoms with Gasteiger partial charge in [-0.25, -0.2) is 0 Å². The lowest BCUT2D eigenvalue weighted by molar-refractivity contribution is 0.0539. The van der Waals surface area contributed by atoms with Crippen molar-refractivity contribution in [2.75, 3.05) is 7.11 Å². The minimum Gasteiger partial charge on any atom is -0.373 e. The zero-order valence-corrected chi connectivity index (χ0v) is 10.9. The van der Waals surface area contributed by atoms with Crippen molar-refractivity contribution in [2.45, 2.75) is 44.1 Å². The van der Waals surface area contributed by atoms with Gasteiger partial charge in [0.1, 0.15) is 6.10 Å². The van der Waals surface area contributed by atoms with Gasteiger partial charge in [0.15, 0.2) is 5.78 Å². The minimum atomic E-state index is -0.221. The Morgan fingerprint density at radius 1 is 1.28 bits per heavy atom. The average molecular weight is 244 g/mol. The number of methoxy groups -OCH3 is 1. The van der Waals surface area contributed by atoms with E-state index in [1.807, 2.05) is 12.1 Å². The molecule has 0 radical (unpaired) electrons. The fourth-order valence-corrected chi connectivity index (χ4v) is 2.76. The van der Waals surface area contributed by atoms with Crippen LogP contribution in [0.3, 0.4) is 0 Å². The molecular formula is C16H20O2. The fourth-order valence-electron chi connectivity index (χ4n) is 2.76. The fraction of sp³-hybridized carbons (Fsp3) is 0.562. The molecule has 3 rings (SSSR count). The summed E-state index contributed by atoms with van der Waals surface area (Å²) in [5, 5.41) is 0. The van der Waals surface area contributed by atoms with Crippen molar-refractivity contribution in [1.29, 1.82) is 0 Å². The van der Waals surface area contributed by atoms with Crippen LogP contribution in [0.15, 0.2) is 24.3 Å². The van der Waals surface area contributed by atoms with Gasteiger partial charge in [0.25, 0.3) is 0 Å². The normalized spacial score (nSPS) is 21.4. The lowest BCUT2D eigenvalue weighted by Gasteiger charge is -2.26. The Bertz CT molecular complexity index is 444. The summed E-state index contributed by atoms with van der Waals surface area (Å²) in [6.07, 6.45) is 5.91. The molecule has 0 aromatic heterocycles. The predicted octanol–water partition coefficient (Wildman–Crippen LogP) is 3.56. The standard InChI is InChI=1S/C16H20O2/c1-18-16(12-8-9-12)15(17)14-7-3-6-13(10-14)11-4-2-5-11/h3,6-7,10-12,16H,2,4-5,8-9H2,1H3. The predicted molar refractivity (Wildman–Crippen MR) is 70.9 cm³/mol. The first-order valence-corrected chi connectivity index (χ1v) is 6.96. The molecule has 0 bridgehead atoms. The van der Waals surface area contributed by atoms with E-state index in [0.29, 0.717) is 11.8 Å². The number of hydrogen-bond acceptors (Lipinski definition) is 2. The Labute approximate surface area is 108 Å². The van der Waals surface area contributed by atoms with Crippen LogP contribution in [-0.4, -0.2) is 19.0 Å². The molecule has 18 heavy (non-hydrogen) atoms. The van der Waals surface area contributed by atoms with Gasteiger partial charge in [0, 0.05) is 12.7 Å². The molecule has 2 heteroatoms. The third-order valence-corrected chi connectivity index (χ3v) is 4.31. The summed E-state index contributed by atoms with van der Waals surface area (Å²) in [7, 11) is 1.65. The number of Topliss-reactive ketones (excluding diaryl/α,β-unsaturated/α-hetero) is 1. The van der Waals surface area contributed by atoms with E-state index in [2.05, 4.69) is 12.1 Å². The van der Waals surface area contributed by atoms with Gasteiger partial charge in [-0.05, 0) is 49.1 Å². The van der Waals surface area contributed by atoms with Crippen LogP contribution in [0.1, 0.15) is 53.9 Å². The maximum atomic E-state index is 12.4. The van der Waals surface area contributed by atoms with Crippen molar-refractivity contribution < 1.29 is 9.53 Å². The molecule has 96 valence electrons. The highest BCUT2D eigenvalue weighted by Crippen LogP contribution is 2.38. The van der Waals surface area contributed by atoms with Crippen molar-refractivity contribution in [3.63, 3.8) is 0 Å². The first kappa shape index (κ1) is 11.9. The van der Waals surface area contributed by atoms with Gasteiger partial charge < -0.3 is 4.74 Å².